The van der Waals surface area contributed by atoms with Gasteiger partial charge in [-0.3, -0.25) is 10.6 Å². The number of nitrogen functional groups attached to an aromatic ring is 1. The Morgan fingerprint density at radius 2 is 2.00 bits per heavy atom. The minimum absolute atomic E-state index is 0.241. The maximum absolute atomic E-state index is 13.9. The molecule has 5 heteroatoms. The quantitative estimate of drug-likeness (QED) is 0.671. The fraction of sp³-hybridized carbons (Fsp3) is 0.188. The summed E-state index contributed by atoms with van der Waals surface area (Å²) >= 11 is 0. The Kier molecular flexibility index (Phi) is 4.55. The van der Waals surface area contributed by atoms with Crippen LogP contribution in [0.15, 0.2) is 42.5 Å². The number of nitrogens with zero attached hydrogens (tertiary/aromatic N) is 1. The second-order valence-corrected chi connectivity index (χ2v) is 4.67. The third kappa shape index (κ3) is 3.03. The number of carbonyl (C=O) groups excluding carboxylic acids is 1. The fourth-order valence-electron chi connectivity index (χ4n) is 2.21. The standard InChI is InChI=1S/C16H18FN3O/c1-3-20(15-7-5-4-6-13(15)17)16(21)12-8-9-14(19-18)11(2)10-12/h4-10,19H,3,18H2,1-2H3. The zero-order chi connectivity index (χ0) is 15.4. The summed E-state index contributed by atoms with van der Waals surface area (Å²) in [4.78, 5) is 14.0. The van der Waals surface area contributed by atoms with Crippen LogP contribution < -0.4 is 16.2 Å². The van der Waals surface area contributed by atoms with Crippen molar-refractivity contribution >= 4 is 17.3 Å². The Labute approximate surface area is 123 Å². The molecule has 0 fully saturated rings. The van der Waals surface area contributed by atoms with Crippen LogP contribution in [0.2, 0.25) is 0 Å². The van der Waals surface area contributed by atoms with Gasteiger partial charge in [0, 0.05) is 12.1 Å². The first kappa shape index (κ1) is 15.0. The van der Waals surface area contributed by atoms with Crippen LogP contribution in [0.1, 0.15) is 22.8 Å². The first-order valence-electron chi connectivity index (χ1n) is 6.72. The Morgan fingerprint density at radius 3 is 2.57 bits per heavy atom. The monoisotopic (exact) mass is 287 g/mol. The lowest BCUT2D eigenvalue weighted by atomic mass is 10.1. The molecule has 1 amide bonds. The van der Waals surface area contributed by atoms with Crippen LogP contribution in [0, 0.1) is 12.7 Å². The van der Waals surface area contributed by atoms with E-state index in [4.69, 9.17) is 5.84 Å². The molecule has 0 unspecified atom stereocenters. The number of hydrogen-bond donors (Lipinski definition) is 2. The van der Waals surface area contributed by atoms with Gasteiger partial charge < -0.3 is 10.3 Å². The highest BCUT2D eigenvalue weighted by molar-refractivity contribution is 6.06. The maximum Gasteiger partial charge on any atom is 0.258 e. The van der Waals surface area contributed by atoms with Gasteiger partial charge in [-0.05, 0) is 49.7 Å². The minimum atomic E-state index is -0.412. The average Bonchev–Trinajstić information content (AvgIpc) is 2.49. The predicted octanol–water partition coefficient (Wildman–Crippen LogP) is 3.09. The number of aryl methyl sites for hydroxylation is 1. The van der Waals surface area contributed by atoms with Gasteiger partial charge in [0.2, 0.25) is 0 Å². The number of nitrogens with one attached hydrogen (secondary N) is 1. The first-order chi connectivity index (χ1) is 10.1. The first-order valence-corrected chi connectivity index (χ1v) is 6.72. The molecule has 0 heterocycles. The van der Waals surface area contributed by atoms with Crippen molar-refractivity contribution in [2.75, 3.05) is 16.9 Å². The third-order valence-electron chi connectivity index (χ3n) is 3.33. The van der Waals surface area contributed by atoms with Crippen molar-refractivity contribution in [3.63, 3.8) is 0 Å². The molecule has 21 heavy (non-hydrogen) atoms. The van der Waals surface area contributed by atoms with Gasteiger partial charge >= 0.3 is 0 Å². The largest absolute Gasteiger partial charge is 0.324 e. The molecule has 0 radical (unpaired) electrons. The number of amides is 1. The summed E-state index contributed by atoms with van der Waals surface area (Å²) < 4.78 is 13.9. The molecule has 0 aliphatic heterocycles. The number of hydrogen-bond acceptors (Lipinski definition) is 3. The minimum Gasteiger partial charge on any atom is -0.324 e. The van der Waals surface area contributed by atoms with E-state index >= 15 is 0 Å². The van der Waals surface area contributed by atoms with E-state index in [9.17, 15) is 9.18 Å². The zero-order valence-electron chi connectivity index (χ0n) is 12.1. The summed E-state index contributed by atoms with van der Waals surface area (Å²) in [6.07, 6.45) is 0. The molecule has 2 rings (SSSR count). The second-order valence-electron chi connectivity index (χ2n) is 4.67. The van der Waals surface area contributed by atoms with Gasteiger partial charge in [-0.2, -0.15) is 0 Å². The molecule has 0 spiro atoms. The van der Waals surface area contributed by atoms with Gasteiger partial charge in [0.05, 0.1) is 11.4 Å². The summed E-state index contributed by atoms with van der Waals surface area (Å²) in [5.41, 5.74) is 4.94. The number of nitrogens with two attached hydrogens (primary N) is 1. The van der Waals surface area contributed by atoms with Crippen LogP contribution >= 0.6 is 0 Å². The van der Waals surface area contributed by atoms with E-state index in [0.29, 0.717) is 12.1 Å². The lowest BCUT2D eigenvalue weighted by Gasteiger charge is -2.22. The van der Waals surface area contributed by atoms with Crippen molar-refractivity contribution in [2.24, 2.45) is 5.84 Å². The molecule has 0 atom stereocenters. The number of benzene rings is 2. The maximum atomic E-state index is 13.9. The number of para-hydroxylation sites is 1. The highest BCUT2D eigenvalue weighted by Gasteiger charge is 2.19. The van der Waals surface area contributed by atoms with E-state index in [1.807, 2.05) is 13.8 Å². The van der Waals surface area contributed by atoms with Crippen LogP contribution in [-0.2, 0) is 0 Å². The number of rotatable bonds is 4. The number of carbonyl (C=O) groups is 1. The molecule has 0 aliphatic carbocycles. The Bertz CT molecular complexity index is 658. The molecular weight excluding hydrogens is 269 g/mol. The summed E-state index contributed by atoms with van der Waals surface area (Å²) in [5, 5.41) is 0. The Hall–Kier alpha value is -2.40. The van der Waals surface area contributed by atoms with Crippen LogP contribution in [0.5, 0.6) is 0 Å². The van der Waals surface area contributed by atoms with E-state index < -0.39 is 5.82 Å². The van der Waals surface area contributed by atoms with Gasteiger partial charge in [-0.1, -0.05) is 12.1 Å². The van der Waals surface area contributed by atoms with Crippen LogP contribution in [0.4, 0.5) is 15.8 Å². The van der Waals surface area contributed by atoms with Gasteiger partial charge in [0.25, 0.3) is 5.91 Å². The highest BCUT2D eigenvalue weighted by atomic mass is 19.1. The lowest BCUT2D eigenvalue weighted by molar-refractivity contribution is 0.0987. The molecule has 0 aromatic heterocycles. The molecule has 110 valence electrons. The SMILES string of the molecule is CCN(C(=O)c1ccc(NN)c(C)c1)c1ccccc1F. The van der Waals surface area contributed by atoms with E-state index in [0.717, 1.165) is 11.3 Å². The summed E-state index contributed by atoms with van der Waals surface area (Å²) in [6, 6.07) is 11.4. The predicted molar refractivity (Wildman–Crippen MR) is 82.7 cm³/mol. The van der Waals surface area contributed by atoms with Gasteiger partial charge in [-0.25, -0.2) is 4.39 Å². The molecule has 4 nitrogen and oxygen atoms in total. The zero-order valence-corrected chi connectivity index (χ0v) is 12.1. The normalized spacial score (nSPS) is 10.3. The number of anilines is 2. The average molecular weight is 287 g/mol. The summed E-state index contributed by atoms with van der Waals surface area (Å²) in [6.45, 7) is 4.05. The van der Waals surface area contributed by atoms with Crippen LogP contribution in [-0.4, -0.2) is 12.5 Å². The summed E-state index contributed by atoms with van der Waals surface area (Å²) in [5.74, 6) is 4.73. The van der Waals surface area contributed by atoms with Crippen molar-refractivity contribution in [1.29, 1.82) is 0 Å². The van der Waals surface area contributed by atoms with Crippen molar-refractivity contribution in [3.8, 4) is 0 Å². The van der Waals surface area contributed by atoms with Gasteiger partial charge in [-0.15, -0.1) is 0 Å². The fourth-order valence-corrected chi connectivity index (χ4v) is 2.21. The van der Waals surface area contributed by atoms with Gasteiger partial charge in [0.1, 0.15) is 5.82 Å². The van der Waals surface area contributed by atoms with E-state index in [1.165, 1.54) is 11.0 Å². The Morgan fingerprint density at radius 1 is 1.29 bits per heavy atom. The molecule has 0 aliphatic rings. The molecule has 2 aromatic carbocycles. The number of hydrazine groups is 1. The molecule has 0 saturated carbocycles. The Balaban J connectivity index is 2.37. The van der Waals surface area contributed by atoms with Crippen molar-refractivity contribution in [2.45, 2.75) is 13.8 Å². The van der Waals surface area contributed by atoms with Crippen LogP contribution in [0.25, 0.3) is 0 Å². The molecule has 3 N–H and O–H groups in total. The van der Waals surface area contributed by atoms with E-state index in [2.05, 4.69) is 5.43 Å². The lowest BCUT2D eigenvalue weighted by Crippen LogP contribution is -2.31. The molecule has 0 saturated heterocycles. The molecule has 0 bridgehead atoms. The molecule has 2 aromatic rings. The third-order valence-corrected chi connectivity index (χ3v) is 3.33. The van der Waals surface area contributed by atoms with E-state index in [1.54, 1.807) is 36.4 Å². The van der Waals surface area contributed by atoms with E-state index in [-0.39, 0.29) is 11.6 Å². The van der Waals surface area contributed by atoms with Crippen molar-refractivity contribution in [1.82, 2.24) is 0 Å². The topological polar surface area (TPSA) is 58.4 Å². The smallest absolute Gasteiger partial charge is 0.258 e. The van der Waals surface area contributed by atoms with Crippen LogP contribution in [0.3, 0.4) is 0 Å². The number of halogens is 1. The highest BCUT2D eigenvalue weighted by Crippen LogP contribution is 2.22. The van der Waals surface area contributed by atoms with Gasteiger partial charge in [0.15, 0.2) is 0 Å². The summed E-state index contributed by atoms with van der Waals surface area (Å²) in [7, 11) is 0. The van der Waals surface area contributed by atoms with Crippen molar-refractivity contribution < 1.29 is 9.18 Å². The van der Waals surface area contributed by atoms with Crippen molar-refractivity contribution in [3.05, 3.63) is 59.4 Å². The second kappa shape index (κ2) is 6.37. The molecular formula is C16H18FN3O.